The zero-order valence-electron chi connectivity index (χ0n) is 15.0. The van der Waals surface area contributed by atoms with Crippen LogP contribution < -0.4 is 10.9 Å². The first-order chi connectivity index (χ1) is 13.4. The van der Waals surface area contributed by atoms with Crippen molar-refractivity contribution >= 4 is 66.8 Å². The van der Waals surface area contributed by atoms with Gasteiger partial charge < -0.3 is 9.97 Å². The standard InChI is InChI=1S/C22H14Cl2N2O2/c1-9-3-5-13(23)17-19(9)25-15-7-12-16(8-11(15)21(17)27)26-20-10(2)4-6-14(24)18(20)22(12)28/h3-8H,1-2H3,(H,25,27)(H,26,28). The largest absolute Gasteiger partial charge is 0.354 e. The van der Waals surface area contributed by atoms with E-state index in [2.05, 4.69) is 9.97 Å². The van der Waals surface area contributed by atoms with Crippen molar-refractivity contribution in [2.75, 3.05) is 0 Å². The van der Waals surface area contributed by atoms with E-state index < -0.39 is 0 Å². The van der Waals surface area contributed by atoms with Crippen LogP contribution in [0.3, 0.4) is 0 Å². The maximum Gasteiger partial charge on any atom is 0.198 e. The lowest BCUT2D eigenvalue weighted by Crippen LogP contribution is -2.09. The fourth-order valence-electron chi connectivity index (χ4n) is 3.85. The highest BCUT2D eigenvalue weighted by Gasteiger charge is 2.15. The topological polar surface area (TPSA) is 65.7 Å². The Hall–Kier alpha value is -2.82. The quantitative estimate of drug-likeness (QED) is 0.327. The van der Waals surface area contributed by atoms with Crippen molar-refractivity contribution in [3.8, 4) is 0 Å². The number of H-pyrrole nitrogens is 2. The first kappa shape index (κ1) is 17.3. The fraction of sp³-hybridized carbons (Fsp3) is 0.0909. The number of rotatable bonds is 0. The van der Waals surface area contributed by atoms with Crippen molar-refractivity contribution in [1.29, 1.82) is 0 Å². The number of fused-ring (bicyclic) bond motifs is 4. The first-order valence-corrected chi connectivity index (χ1v) is 9.52. The summed E-state index contributed by atoms with van der Waals surface area (Å²) in [5.41, 5.74) is 4.01. The molecule has 2 N–H and O–H groups in total. The first-order valence-electron chi connectivity index (χ1n) is 8.76. The van der Waals surface area contributed by atoms with E-state index >= 15 is 0 Å². The number of aromatic amines is 2. The summed E-state index contributed by atoms with van der Waals surface area (Å²) < 4.78 is 0. The third-order valence-corrected chi connectivity index (χ3v) is 5.98. The molecule has 6 heteroatoms. The Bertz CT molecular complexity index is 1480. The second-order valence-electron chi connectivity index (χ2n) is 7.08. The highest BCUT2D eigenvalue weighted by atomic mass is 35.5. The molecule has 0 spiro atoms. The molecular weight excluding hydrogens is 395 g/mol. The lowest BCUT2D eigenvalue weighted by atomic mass is 10.0. The Kier molecular flexibility index (Phi) is 3.60. The van der Waals surface area contributed by atoms with Crippen molar-refractivity contribution in [3.05, 3.63) is 78.0 Å². The van der Waals surface area contributed by atoms with Gasteiger partial charge in [-0.15, -0.1) is 0 Å². The van der Waals surface area contributed by atoms with E-state index in [1.54, 1.807) is 24.3 Å². The van der Waals surface area contributed by atoms with Gasteiger partial charge in [0.2, 0.25) is 0 Å². The van der Waals surface area contributed by atoms with Gasteiger partial charge in [-0.25, -0.2) is 0 Å². The van der Waals surface area contributed by atoms with E-state index in [4.69, 9.17) is 23.2 Å². The number of hydrogen-bond acceptors (Lipinski definition) is 2. The molecule has 28 heavy (non-hydrogen) atoms. The molecule has 0 fully saturated rings. The minimum absolute atomic E-state index is 0.164. The number of nitrogens with one attached hydrogen (secondary N) is 2. The van der Waals surface area contributed by atoms with E-state index in [-0.39, 0.29) is 10.9 Å². The zero-order chi connectivity index (χ0) is 19.7. The van der Waals surface area contributed by atoms with Crippen molar-refractivity contribution in [2.24, 2.45) is 0 Å². The summed E-state index contributed by atoms with van der Waals surface area (Å²) in [6, 6.07) is 10.6. The number of benzene rings is 3. The predicted octanol–water partition coefficient (Wildman–Crippen LogP) is 5.60. The Labute approximate surface area is 168 Å². The van der Waals surface area contributed by atoms with Gasteiger partial charge in [0.25, 0.3) is 0 Å². The molecule has 0 saturated heterocycles. The average Bonchev–Trinajstić information content (AvgIpc) is 2.67. The monoisotopic (exact) mass is 408 g/mol. The van der Waals surface area contributed by atoms with Crippen LogP contribution in [0.25, 0.3) is 43.6 Å². The summed E-state index contributed by atoms with van der Waals surface area (Å²) in [4.78, 5) is 32.9. The lowest BCUT2D eigenvalue weighted by molar-refractivity contribution is 1.40. The summed E-state index contributed by atoms with van der Waals surface area (Å²) in [6.45, 7) is 3.81. The second kappa shape index (κ2) is 5.84. The SMILES string of the molecule is Cc1ccc(Cl)c2c(=O)c3cc4[nH]c5c(C)ccc(Cl)c5c(=O)c4cc3[nH]c12. The van der Waals surface area contributed by atoms with Gasteiger partial charge in [-0.05, 0) is 49.2 Å². The molecule has 0 saturated carbocycles. The molecule has 5 aromatic rings. The molecule has 0 aliphatic heterocycles. The molecule has 0 radical (unpaired) electrons. The van der Waals surface area contributed by atoms with Crippen LogP contribution in [0.4, 0.5) is 0 Å². The molecule has 0 amide bonds. The molecule has 0 aliphatic carbocycles. The van der Waals surface area contributed by atoms with Crippen molar-refractivity contribution < 1.29 is 0 Å². The highest BCUT2D eigenvalue weighted by Crippen LogP contribution is 2.28. The zero-order valence-corrected chi connectivity index (χ0v) is 16.5. The van der Waals surface area contributed by atoms with Crippen LogP contribution in [0.2, 0.25) is 10.0 Å². The van der Waals surface area contributed by atoms with Gasteiger partial charge in [-0.3, -0.25) is 9.59 Å². The molecule has 5 rings (SSSR count). The molecule has 2 aromatic heterocycles. The molecule has 4 nitrogen and oxygen atoms in total. The minimum Gasteiger partial charge on any atom is -0.354 e. The van der Waals surface area contributed by atoms with Crippen molar-refractivity contribution in [1.82, 2.24) is 9.97 Å². The third kappa shape index (κ3) is 2.25. The van der Waals surface area contributed by atoms with Crippen LogP contribution in [0.1, 0.15) is 11.1 Å². The van der Waals surface area contributed by atoms with Crippen LogP contribution in [0.5, 0.6) is 0 Å². The molecule has 2 heterocycles. The predicted molar refractivity (Wildman–Crippen MR) is 117 cm³/mol. The second-order valence-corrected chi connectivity index (χ2v) is 7.89. The molecule has 0 aliphatic rings. The number of pyridine rings is 2. The van der Waals surface area contributed by atoms with Gasteiger partial charge >= 0.3 is 0 Å². The van der Waals surface area contributed by atoms with Crippen molar-refractivity contribution in [2.45, 2.75) is 13.8 Å². The average molecular weight is 409 g/mol. The molecule has 138 valence electrons. The molecule has 0 atom stereocenters. The maximum atomic E-state index is 13.2. The van der Waals surface area contributed by atoms with E-state index in [0.29, 0.717) is 53.7 Å². The van der Waals surface area contributed by atoms with E-state index in [1.165, 1.54) is 0 Å². The van der Waals surface area contributed by atoms with Gasteiger partial charge in [-0.1, -0.05) is 35.3 Å². The Morgan fingerprint density at radius 1 is 0.679 bits per heavy atom. The number of aryl methyl sites for hydroxylation is 2. The van der Waals surface area contributed by atoms with Crippen LogP contribution in [-0.2, 0) is 0 Å². The maximum absolute atomic E-state index is 13.2. The Morgan fingerprint density at radius 3 is 1.46 bits per heavy atom. The number of hydrogen-bond donors (Lipinski definition) is 2. The normalized spacial score (nSPS) is 11.9. The van der Waals surface area contributed by atoms with Crippen LogP contribution in [0, 0.1) is 13.8 Å². The summed E-state index contributed by atoms with van der Waals surface area (Å²) in [5, 5.41) is 2.66. The van der Waals surface area contributed by atoms with Crippen LogP contribution >= 0.6 is 23.2 Å². The van der Waals surface area contributed by atoms with E-state index in [1.807, 2.05) is 26.0 Å². The van der Waals surface area contributed by atoms with Gasteiger partial charge in [0.1, 0.15) is 0 Å². The Balaban J connectivity index is 2.05. The van der Waals surface area contributed by atoms with Gasteiger partial charge in [0.15, 0.2) is 10.9 Å². The smallest absolute Gasteiger partial charge is 0.198 e. The summed E-state index contributed by atoms with van der Waals surface area (Å²) in [6.07, 6.45) is 0. The number of halogens is 2. The fourth-order valence-corrected chi connectivity index (χ4v) is 4.34. The number of aromatic nitrogens is 2. The molecule has 0 unspecified atom stereocenters. The van der Waals surface area contributed by atoms with Crippen LogP contribution in [0.15, 0.2) is 46.0 Å². The third-order valence-electron chi connectivity index (χ3n) is 5.35. The van der Waals surface area contributed by atoms with E-state index in [9.17, 15) is 9.59 Å². The van der Waals surface area contributed by atoms with Gasteiger partial charge in [0, 0.05) is 10.8 Å². The summed E-state index contributed by atoms with van der Waals surface area (Å²) in [7, 11) is 0. The Morgan fingerprint density at radius 2 is 1.07 bits per heavy atom. The van der Waals surface area contributed by atoms with Gasteiger partial charge in [0.05, 0.1) is 42.9 Å². The minimum atomic E-state index is -0.164. The summed E-state index contributed by atoms with van der Waals surface area (Å²) >= 11 is 12.6. The summed E-state index contributed by atoms with van der Waals surface area (Å²) in [5.74, 6) is 0. The van der Waals surface area contributed by atoms with E-state index in [0.717, 1.165) is 11.1 Å². The van der Waals surface area contributed by atoms with Crippen LogP contribution in [-0.4, -0.2) is 9.97 Å². The van der Waals surface area contributed by atoms with Gasteiger partial charge in [-0.2, -0.15) is 0 Å². The highest BCUT2D eigenvalue weighted by molar-refractivity contribution is 6.36. The van der Waals surface area contributed by atoms with Crippen molar-refractivity contribution in [3.63, 3.8) is 0 Å². The molecule has 0 bridgehead atoms. The lowest BCUT2D eigenvalue weighted by Gasteiger charge is -2.10. The molecular formula is C22H14Cl2N2O2. The molecule has 3 aromatic carbocycles.